The predicted octanol–water partition coefficient (Wildman–Crippen LogP) is 2.12. The zero-order valence-electron chi connectivity index (χ0n) is 11.4. The molecule has 1 amide bonds. The van der Waals surface area contributed by atoms with Gasteiger partial charge in [0.05, 0.1) is 10.7 Å². The predicted molar refractivity (Wildman–Crippen MR) is 79.1 cm³/mol. The topological polar surface area (TPSA) is 72.9 Å². The minimum atomic E-state index is -0.558. The van der Waals surface area contributed by atoms with Gasteiger partial charge in [0.2, 0.25) is 0 Å². The van der Waals surface area contributed by atoms with Crippen molar-refractivity contribution in [2.45, 2.75) is 26.4 Å². The van der Waals surface area contributed by atoms with E-state index in [0.29, 0.717) is 17.6 Å². The standard InChI is InChI=1S/C14H17ClN4O/c1-9(2)17-8-10-4-3-5-11(15)13(10)19-7-6-12(18-19)14(16)20/h3-7,9,17H,8H2,1-2H3,(H2,16,20). The number of halogens is 1. The Balaban J connectivity index is 2.40. The molecule has 0 aliphatic rings. The number of primary amides is 1. The lowest BCUT2D eigenvalue weighted by atomic mass is 10.1. The molecule has 0 saturated carbocycles. The summed E-state index contributed by atoms with van der Waals surface area (Å²) < 4.78 is 1.58. The van der Waals surface area contributed by atoms with Gasteiger partial charge in [-0.3, -0.25) is 4.79 Å². The molecule has 0 aliphatic carbocycles. The van der Waals surface area contributed by atoms with E-state index in [-0.39, 0.29) is 5.69 Å². The maximum Gasteiger partial charge on any atom is 0.269 e. The molecule has 0 unspecified atom stereocenters. The average molecular weight is 293 g/mol. The zero-order chi connectivity index (χ0) is 14.7. The minimum Gasteiger partial charge on any atom is -0.364 e. The van der Waals surface area contributed by atoms with Crippen LogP contribution >= 0.6 is 11.6 Å². The molecule has 6 heteroatoms. The molecule has 2 aromatic rings. The lowest BCUT2D eigenvalue weighted by Crippen LogP contribution is -2.23. The highest BCUT2D eigenvalue weighted by molar-refractivity contribution is 6.32. The van der Waals surface area contributed by atoms with Gasteiger partial charge in [0, 0.05) is 18.8 Å². The fourth-order valence-corrected chi connectivity index (χ4v) is 2.13. The number of amides is 1. The average Bonchev–Trinajstić information content (AvgIpc) is 2.85. The first kappa shape index (κ1) is 14.6. The molecular weight excluding hydrogens is 276 g/mol. The van der Waals surface area contributed by atoms with Crippen LogP contribution in [0, 0.1) is 0 Å². The third-order valence-corrected chi connectivity index (χ3v) is 3.15. The van der Waals surface area contributed by atoms with Crippen LogP contribution in [0.15, 0.2) is 30.5 Å². The van der Waals surface area contributed by atoms with Gasteiger partial charge in [-0.05, 0) is 17.7 Å². The summed E-state index contributed by atoms with van der Waals surface area (Å²) in [5.41, 5.74) is 7.20. The molecule has 0 spiro atoms. The van der Waals surface area contributed by atoms with Crippen molar-refractivity contribution in [2.75, 3.05) is 0 Å². The lowest BCUT2D eigenvalue weighted by molar-refractivity contribution is 0.0995. The van der Waals surface area contributed by atoms with Crippen molar-refractivity contribution in [3.05, 3.63) is 46.7 Å². The van der Waals surface area contributed by atoms with E-state index in [9.17, 15) is 4.79 Å². The second kappa shape index (κ2) is 6.07. The van der Waals surface area contributed by atoms with Gasteiger partial charge in [0.1, 0.15) is 5.69 Å². The normalized spacial score (nSPS) is 11.0. The molecule has 1 heterocycles. The molecule has 1 aromatic carbocycles. The summed E-state index contributed by atoms with van der Waals surface area (Å²) in [7, 11) is 0. The molecular formula is C14H17ClN4O. The van der Waals surface area contributed by atoms with Crippen LogP contribution in [0.3, 0.4) is 0 Å². The second-order valence-electron chi connectivity index (χ2n) is 4.79. The maximum atomic E-state index is 11.1. The summed E-state index contributed by atoms with van der Waals surface area (Å²) in [5, 5.41) is 8.07. The van der Waals surface area contributed by atoms with Crippen LogP contribution < -0.4 is 11.1 Å². The van der Waals surface area contributed by atoms with E-state index < -0.39 is 5.91 Å². The van der Waals surface area contributed by atoms with Crippen molar-refractivity contribution < 1.29 is 4.79 Å². The molecule has 1 aromatic heterocycles. The van der Waals surface area contributed by atoms with Gasteiger partial charge in [0.15, 0.2) is 0 Å². The van der Waals surface area contributed by atoms with E-state index in [1.54, 1.807) is 23.0 Å². The molecule has 106 valence electrons. The number of nitrogens with zero attached hydrogens (tertiary/aromatic N) is 2. The number of para-hydroxylation sites is 1. The third-order valence-electron chi connectivity index (χ3n) is 2.84. The number of carbonyl (C=O) groups excluding carboxylic acids is 1. The summed E-state index contributed by atoms with van der Waals surface area (Å²) in [6.07, 6.45) is 1.68. The van der Waals surface area contributed by atoms with Crippen LogP contribution in [-0.2, 0) is 6.54 Å². The first-order chi connectivity index (χ1) is 9.49. The van der Waals surface area contributed by atoms with E-state index in [1.807, 2.05) is 12.1 Å². The highest BCUT2D eigenvalue weighted by atomic mass is 35.5. The van der Waals surface area contributed by atoms with Gasteiger partial charge >= 0.3 is 0 Å². The second-order valence-corrected chi connectivity index (χ2v) is 5.20. The summed E-state index contributed by atoms with van der Waals surface area (Å²) in [4.78, 5) is 11.1. The molecule has 5 nitrogen and oxygen atoms in total. The van der Waals surface area contributed by atoms with Gasteiger partial charge < -0.3 is 11.1 Å². The Morgan fingerprint density at radius 1 is 1.45 bits per heavy atom. The van der Waals surface area contributed by atoms with E-state index in [2.05, 4.69) is 24.3 Å². The molecule has 0 atom stereocenters. The highest BCUT2D eigenvalue weighted by Gasteiger charge is 2.12. The maximum absolute atomic E-state index is 11.1. The molecule has 3 N–H and O–H groups in total. The van der Waals surface area contributed by atoms with Crippen LogP contribution in [-0.4, -0.2) is 21.7 Å². The van der Waals surface area contributed by atoms with Gasteiger partial charge in [-0.2, -0.15) is 5.10 Å². The minimum absolute atomic E-state index is 0.215. The van der Waals surface area contributed by atoms with Crippen LogP contribution in [0.4, 0.5) is 0 Å². The molecule has 2 rings (SSSR count). The molecule has 0 bridgehead atoms. The fourth-order valence-electron chi connectivity index (χ4n) is 1.85. The molecule has 0 fully saturated rings. The third kappa shape index (κ3) is 3.18. The van der Waals surface area contributed by atoms with E-state index in [4.69, 9.17) is 17.3 Å². The summed E-state index contributed by atoms with van der Waals surface area (Å²) in [6.45, 7) is 4.81. The quantitative estimate of drug-likeness (QED) is 0.886. The van der Waals surface area contributed by atoms with E-state index in [0.717, 1.165) is 11.3 Å². The molecule has 20 heavy (non-hydrogen) atoms. The van der Waals surface area contributed by atoms with Crippen LogP contribution in [0.25, 0.3) is 5.69 Å². The monoisotopic (exact) mass is 292 g/mol. The van der Waals surface area contributed by atoms with Crippen LogP contribution in [0.5, 0.6) is 0 Å². The Labute approximate surface area is 122 Å². The van der Waals surface area contributed by atoms with Crippen LogP contribution in [0.1, 0.15) is 29.9 Å². The smallest absolute Gasteiger partial charge is 0.269 e. The number of nitrogens with one attached hydrogen (secondary N) is 1. The lowest BCUT2D eigenvalue weighted by Gasteiger charge is -2.14. The van der Waals surface area contributed by atoms with Crippen molar-refractivity contribution >= 4 is 17.5 Å². The fraction of sp³-hybridized carbons (Fsp3) is 0.286. The van der Waals surface area contributed by atoms with Crippen LogP contribution in [0.2, 0.25) is 5.02 Å². The van der Waals surface area contributed by atoms with Gasteiger partial charge in [-0.1, -0.05) is 37.6 Å². The summed E-state index contributed by atoms with van der Waals surface area (Å²) >= 11 is 6.26. The van der Waals surface area contributed by atoms with Crippen molar-refractivity contribution in [3.8, 4) is 5.69 Å². The molecule has 0 radical (unpaired) electrons. The number of aromatic nitrogens is 2. The molecule has 0 aliphatic heterocycles. The van der Waals surface area contributed by atoms with Gasteiger partial charge in [0.25, 0.3) is 5.91 Å². The number of hydrogen-bond donors (Lipinski definition) is 2. The Kier molecular flexibility index (Phi) is 4.42. The van der Waals surface area contributed by atoms with Crippen molar-refractivity contribution in [1.29, 1.82) is 0 Å². The van der Waals surface area contributed by atoms with Crippen molar-refractivity contribution in [3.63, 3.8) is 0 Å². The summed E-state index contributed by atoms with van der Waals surface area (Å²) in [5.74, 6) is -0.558. The number of carbonyl (C=O) groups is 1. The van der Waals surface area contributed by atoms with E-state index in [1.165, 1.54) is 0 Å². The Morgan fingerprint density at radius 2 is 2.20 bits per heavy atom. The van der Waals surface area contributed by atoms with Gasteiger partial charge in [-0.25, -0.2) is 4.68 Å². The summed E-state index contributed by atoms with van der Waals surface area (Å²) in [6, 6.07) is 7.59. The molecule has 0 saturated heterocycles. The number of nitrogens with two attached hydrogens (primary N) is 1. The number of benzene rings is 1. The van der Waals surface area contributed by atoms with Crippen molar-refractivity contribution in [2.24, 2.45) is 5.73 Å². The highest BCUT2D eigenvalue weighted by Crippen LogP contribution is 2.24. The Bertz CT molecular complexity index is 621. The largest absolute Gasteiger partial charge is 0.364 e. The van der Waals surface area contributed by atoms with Crippen molar-refractivity contribution in [1.82, 2.24) is 15.1 Å². The SMILES string of the molecule is CC(C)NCc1cccc(Cl)c1-n1ccc(C(N)=O)n1. The number of hydrogen-bond acceptors (Lipinski definition) is 3. The van der Waals surface area contributed by atoms with Gasteiger partial charge in [-0.15, -0.1) is 0 Å². The zero-order valence-corrected chi connectivity index (χ0v) is 12.2. The Morgan fingerprint density at radius 3 is 2.80 bits per heavy atom. The first-order valence-corrected chi connectivity index (χ1v) is 6.73. The number of rotatable bonds is 5. The first-order valence-electron chi connectivity index (χ1n) is 6.35. The van der Waals surface area contributed by atoms with E-state index >= 15 is 0 Å². The Hall–Kier alpha value is -1.85.